The fourth-order valence-corrected chi connectivity index (χ4v) is 5.46. The Balaban J connectivity index is 0.00000353. The molecule has 0 amide bonds. The summed E-state index contributed by atoms with van der Waals surface area (Å²) in [6, 6.07) is 15.1. The van der Waals surface area contributed by atoms with E-state index < -0.39 is 11.9 Å². The summed E-state index contributed by atoms with van der Waals surface area (Å²) in [7, 11) is 1.84. The molecule has 0 fully saturated rings. The molecular weight excluding hydrogens is 506 g/mol. The van der Waals surface area contributed by atoms with Gasteiger partial charge in [0.2, 0.25) is 0 Å². The van der Waals surface area contributed by atoms with Crippen LogP contribution in [0.25, 0.3) is 11.0 Å². The number of halogens is 1. The number of carbonyl (C=O) groups is 1. The van der Waals surface area contributed by atoms with Gasteiger partial charge in [-0.3, -0.25) is 4.90 Å². The number of benzene rings is 3. The number of aryl methyl sites for hydroxylation is 3. The van der Waals surface area contributed by atoms with Crippen LogP contribution in [0.15, 0.2) is 48.5 Å². The van der Waals surface area contributed by atoms with Crippen LogP contribution in [0.3, 0.4) is 0 Å². The number of hydrogen-bond acceptors (Lipinski definition) is 6. The quantitative estimate of drug-likeness (QED) is 0.329. The number of rotatable bonds is 7. The zero-order chi connectivity index (χ0) is 27.0. The molecule has 0 unspecified atom stereocenters. The molecule has 0 saturated heterocycles. The van der Waals surface area contributed by atoms with Crippen LogP contribution in [-0.4, -0.2) is 38.5 Å². The number of nitrogens with zero attached hydrogens (tertiary/aromatic N) is 4. The van der Waals surface area contributed by atoms with Crippen molar-refractivity contribution >= 4 is 17.0 Å². The predicted octanol–water partition coefficient (Wildman–Crippen LogP) is 1.17. The molecule has 9 heteroatoms. The van der Waals surface area contributed by atoms with Crippen molar-refractivity contribution in [2.75, 3.05) is 6.54 Å². The first-order valence-corrected chi connectivity index (χ1v) is 13.0. The van der Waals surface area contributed by atoms with Gasteiger partial charge in [0.05, 0.1) is 5.52 Å². The summed E-state index contributed by atoms with van der Waals surface area (Å²) in [5, 5.41) is 20.3. The van der Waals surface area contributed by atoms with Gasteiger partial charge in [0.25, 0.3) is 0 Å². The van der Waals surface area contributed by atoms with E-state index in [0.717, 1.165) is 50.8 Å². The fraction of sp³-hybridized carbons (Fsp3) is 0.367. The van der Waals surface area contributed by atoms with E-state index in [4.69, 9.17) is 4.74 Å². The Morgan fingerprint density at radius 1 is 1.21 bits per heavy atom. The first kappa shape index (κ1) is 29.2. The van der Waals surface area contributed by atoms with E-state index in [1.54, 1.807) is 10.7 Å². The molecular formula is C30H32FN4NaO3. The molecule has 2 atom stereocenters. The van der Waals surface area contributed by atoms with Gasteiger partial charge in [-0.2, -0.15) is 0 Å². The number of aromatic nitrogens is 3. The summed E-state index contributed by atoms with van der Waals surface area (Å²) >= 11 is 0. The van der Waals surface area contributed by atoms with Crippen LogP contribution in [0.2, 0.25) is 0 Å². The summed E-state index contributed by atoms with van der Waals surface area (Å²) in [5.41, 5.74) is 7.42. The molecule has 7 nitrogen and oxygen atoms in total. The van der Waals surface area contributed by atoms with Crippen molar-refractivity contribution in [3.63, 3.8) is 0 Å². The number of aliphatic carboxylic acids is 1. The Bertz CT molecular complexity index is 1510. The second-order valence-electron chi connectivity index (χ2n) is 10.2. The van der Waals surface area contributed by atoms with Gasteiger partial charge in [-0.15, -0.1) is 5.10 Å². The van der Waals surface area contributed by atoms with E-state index in [2.05, 4.69) is 28.2 Å². The van der Waals surface area contributed by atoms with Crippen LogP contribution in [0.5, 0.6) is 5.75 Å². The van der Waals surface area contributed by atoms with Gasteiger partial charge in [-0.25, -0.2) is 9.07 Å². The number of para-hydroxylation sites is 1. The van der Waals surface area contributed by atoms with Gasteiger partial charge < -0.3 is 14.6 Å². The molecule has 0 N–H and O–H groups in total. The largest absolute Gasteiger partial charge is 1.00 e. The van der Waals surface area contributed by atoms with E-state index >= 15 is 0 Å². The Hall–Kier alpha value is -2.78. The number of ether oxygens (including phenoxy) is 1. The average molecular weight is 539 g/mol. The summed E-state index contributed by atoms with van der Waals surface area (Å²) in [5.74, 6) is -1.49. The summed E-state index contributed by atoms with van der Waals surface area (Å²) in [6.07, 6.45) is 0.502. The Labute approximate surface area is 250 Å². The number of carbonyl (C=O) groups excluding carboxylic acids is 1. The number of fused-ring (bicyclic) bond motifs is 2. The van der Waals surface area contributed by atoms with E-state index in [-0.39, 0.29) is 47.9 Å². The third-order valence-corrected chi connectivity index (χ3v) is 7.64. The molecule has 3 aromatic carbocycles. The van der Waals surface area contributed by atoms with Gasteiger partial charge in [0, 0.05) is 44.1 Å². The predicted molar refractivity (Wildman–Crippen MR) is 141 cm³/mol. The Morgan fingerprint density at radius 3 is 2.74 bits per heavy atom. The summed E-state index contributed by atoms with van der Waals surface area (Å²) < 4.78 is 22.3. The monoisotopic (exact) mass is 538 g/mol. The molecule has 0 bridgehead atoms. The second kappa shape index (κ2) is 12.2. The maximum atomic E-state index is 14.5. The first-order chi connectivity index (χ1) is 18.2. The molecule has 2 heterocycles. The molecule has 1 aliphatic rings. The number of carboxylic acid groups (broad SMARTS) is 1. The normalized spacial score (nSPS) is 16.2. The van der Waals surface area contributed by atoms with E-state index in [9.17, 15) is 14.3 Å². The molecule has 1 aliphatic heterocycles. The van der Waals surface area contributed by atoms with Crippen molar-refractivity contribution in [3.05, 3.63) is 87.7 Å². The second-order valence-corrected chi connectivity index (χ2v) is 10.2. The van der Waals surface area contributed by atoms with Gasteiger partial charge in [-0.05, 0) is 66.6 Å². The van der Waals surface area contributed by atoms with Crippen LogP contribution in [0.4, 0.5) is 4.39 Å². The van der Waals surface area contributed by atoms with E-state index in [1.165, 1.54) is 6.07 Å². The zero-order valence-corrected chi connectivity index (χ0v) is 25.2. The van der Waals surface area contributed by atoms with Crippen molar-refractivity contribution in [1.82, 2.24) is 19.9 Å². The van der Waals surface area contributed by atoms with Gasteiger partial charge in [-0.1, -0.05) is 48.5 Å². The van der Waals surface area contributed by atoms with Gasteiger partial charge >= 0.3 is 29.6 Å². The molecule has 39 heavy (non-hydrogen) atoms. The SMILES string of the molecule is CC[C@@H]1CN(Cc2cc([C@@H](CC(=O)[O-])c3ccc4c(nnn4C)c3C)ccc2C)Cc2cccc(F)c2O1.[Na+]. The minimum atomic E-state index is -1.11. The maximum Gasteiger partial charge on any atom is 1.00 e. The molecule has 0 radical (unpaired) electrons. The van der Waals surface area contributed by atoms with Crippen molar-refractivity contribution < 1.29 is 48.6 Å². The van der Waals surface area contributed by atoms with Gasteiger partial charge in [0.1, 0.15) is 11.6 Å². The summed E-state index contributed by atoms with van der Waals surface area (Å²) in [6.45, 7) is 7.93. The van der Waals surface area contributed by atoms with E-state index in [1.807, 2.05) is 51.2 Å². The van der Waals surface area contributed by atoms with Gasteiger partial charge in [0.15, 0.2) is 11.6 Å². The van der Waals surface area contributed by atoms with Crippen LogP contribution < -0.4 is 39.4 Å². The molecule has 1 aromatic heterocycles. The summed E-state index contributed by atoms with van der Waals surface area (Å²) in [4.78, 5) is 14.1. The molecule has 0 saturated carbocycles. The molecule has 0 spiro atoms. The topological polar surface area (TPSA) is 83.3 Å². The van der Waals surface area contributed by atoms with Crippen LogP contribution in [0.1, 0.15) is 59.1 Å². The van der Waals surface area contributed by atoms with Crippen molar-refractivity contribution in [1.29, 1.82) is 0 Å². The molecule has 0 aliphatic carbocycles. The number of carboxylic acids is 1. The Morgan fingerprint density at radius 2 is 2.00 bits per heavy atom. The first-order valence-electron chi connectivity index (χ1n) is 13.0. The Kier molecular flexibility index (Phi) is 9.11. The minimum absolute atomic E-state index is 0. The third kappa shape index (κ3) is 6.04. The van der Waals surface area contributed by atoms with Crippen LogP contribution in [0, 0.1) is 19.7 Å². The van der Waals surface area contributed by atoms with Crippen molar-refractivity contribution in [2.45, 2.75) is 58.7 Å². The molecule has 198 valence electrons. The zero-order valence-electron chi connectivity index (χ0n) is 23.2. The van der Waals surface area contributed by atoms with Crippen LogP contribution >= 0.6 is 0 Å². The molecule has 4 aromatic rings. The van der Waals surface area contributed by atoms with E-state index in [0.29, 0.717) is 25.4 Å². The fourth-order valence-electron chi connectivity index (χ4n) is 5.46. The molecule has 5 rings (SSSR count). The number of hydrogen-bond donors (Lipinski definition) is 0. The standard InChI is InChI=1S/C30H33FN4O3.Na/c1-5-23-17-35(15-21-7-6-8-26(31)30(21)38-23)16-22-13-20(10-9-18(22)2)25(14-28(36)37)24-11-12-27-29(19(24)3)32-33-34(27)4;/h6-13,23,25H,5,14-17H2,1-4H3,(H,36,37);/q;+1/p-1/t23-,25-;/m1./s1. The maximum absolute atomic E-state index is 14.5. The van der Waals surface area contributed by atoms with Crippen molar-refractivity contribution in [2.24, 2.45) is 7.05 Å². The van der Waals surface area contributed by atoms with Crippen LogP contribution in [-0.2, 0) is 24.9 Å². The minimum Gasteiger partial charge on any atom is -0.550 e. The smallest absolute Gasteiger partial charge is 0.550 e. The third-order valence-electron chi connectivity index (χ3n) is 7.64. The van der Waals surface area contributed by atoms with Crippen molar-refractivity contribution in [3.8, 4) is 5.75 Å². The average Bonchev–Trinajstić information content (AvgIpc) is 3.16.